The van der Waals surface area contributed by atoms with Crippen LogP contribution in [0.25, 0.3) is 0 Å². The Labute approximate surface area is 188 Å². The molecule has 0 bridgehead atoms. The highest BCUT2D eigenvalue weighted by molar-refractivity contribution is 6.11. The molecule has 168 valence electrons. The summed E-state index contributed by atoms with van der Waals surface area (Å²) in [6.45, 7) is 5.12. The van der Waals surface area contributed by atoms with E-state index in [0.717, 1.165) is 37.0 Å². The van der Waals surface area contributed by atoms with E-state index in [9.17, 15) is 9.59 Å². The summed E-state index contributed by atoms with van der Waals surface area (Å²) in [6, 6.07) is 10.8. The molecule has 1 aromatic carbocycles. The number of ether oxygens (including phenoxy) is 2. The minimum absolute atomic E-state index is 0.0583. The fraction of sp³-hybridized carbons (Fsp3) is 0.462. The number of carbonyl (C=O) groups excluding carboxylic acids is 2. The minimum atomic E-state index is -0.515. The molecular weight excluding hydrogens is 406 g/mol. The van der Waals surface area contributed by atoms with Crippen molar-refractivity contribution in [2.75, 3.05) is 6.61 Å². The number of Topliss-reactive ketones (excluding diaryl/α,β-unsaturated/α-hetero) is 1. The van der Waals surface area contributed by atoms with Gasteiger partial charge in [0.05, 0.1) is 36.9 Å². The molecule has 1 aromatic heterocycles. The molecule has 5 rings (SSSR count). The molecule has 2 aliphatic heterocycles. The van der Waals surface area contributed by atoms with E-state index in [4.69, 9.17) is 13.9 Å². The van der Waals surface area contributed by atoms with Gasteiger partial charge in [-0.1, -0.05) is 26.0 Å². The molecular formula is C26H29NO5. The van der Waals surface area contributed by atoms with Crippen LogP contribution in [0.4, 0.5) is 0 Å². The third-order valence-corrected chi connectivity index (χ3v) is 6.76. The minimum Gasteiger partial charge on any atom is -0.494 e. The molecule has 0 radical (unpaired) electrons. The quantitative estimate of drug-likeness (QED) is 0.651. The third kappa shape index (κ3) is 3.61. The molecule has 3 aliphatic rings. The van der Waals surface area contributed by atoms with Gasteiger partial charge in [0.25, 0.3) is 5.91 Å². The SMILES string of the molecule is CCCOc1cccc(C2C3=C(OC4CCC(C)CC4C3=O)C(=O)N2Cc2ccco2)c1. The van der Waals surface area contributed by atoms with Crippen LogP contribution >= 0.6 is 0 Å². The number of hydrogen-bond donors (Lipinski definition) is 0. The Morgan fingerprint density at radius 1 is 1.16 bits per heavy atom. The molecule has 2 aromatic rings. The molecule has 1 saturated carbocycles. The molecule has 4 unspecified atom stereocenters. The van der Waals surface area contributed by atoms with Crippen molar-refractivity contribution in [1.82, 2.24) is 4.90 Å². The number of benzene rings is 1. The van der Waals surface area contributed by atoms with Crippen molar-refractivity contribution in [2.45, 2.75) is 58.2 Å². The van der Waals surface area contributed by atoms with Crippen LogP contribution in [-0.4, -0.2) is 29.3 Å². The summed E-state index contributed by atoms with van der Waals surface area (Å²) < 4.78 is 17.6. The Morgan fingerprint density at radius 2 is 2.03 bits per heavy atom. The van der Waals surface area contributed by atoms with E-state index in [2.05, 4.69) is 13.8 Å². The van der Waals surface area contributed by atoms with Gasteiger partial charge in [-0.3, -0.25) is 9.59 Å². The fourth-order valence-corrected chi connectivity index (χ4v) is 5.20. The van der Waals surface area contributed by atoms with Crippen molar-refractivity contribution >= 4 is 11.7 Å². The van der Waals surface area contributed by atoms with E-state index in [1.54, 1.807) is 17.2 Å². The summed E-state index contributed by atoms with van der Waals surface area (Å²) in [4.78, 5) is 29.0. The zero-order valence-electron chi connectivity index (χ0n) is 18.6. The maximum absolute atomic E-state index is 13.7. The molecule has 1 amide bonds. The summed E-state index contributed by atoms with van der Waals surface area (Å²) in [5, 5.41) is 0. The lowest BCUT2D eigenvalue weighted by Gasteiger charge is -2.37. The number of amides is 1. The molecule has 3 heterocycles. The Kier molecular flexibility index (Phi) is 5.53. The number of fused-ring (bicyclic) bond motifs is 1. The van der Waals surface area contributed by atoms with E-state index in [0.29, 0.717) is 23.9 Å². The normalized spacial score (nSPS) is 27.2. The average molecular weight is 436 g/mol. The Balaban J connectivity index is 1.56. The van der Waals surface area contributed by atoms with Crippen molar-refractivity contribution in [3.8, 4) is 5.75 Å². The molecule has 0 spiro atoms. The summed E-state index contributed by atoms with van der Waals surface area (Å²) >= 11 is 0. The largest absolute Gasteiger partial charge is 0.494 e. The summed E-state index contributed by atoms with van der Waals surface area (Å²) in [7, 11) is 0. The van der Waals surface area contributed by atoms with Crippen LogP contribution < -0.4 is 4.74 Å². The van der Waals surface area contributed by atoms with Gasteiger partial charge in [0.2, 0.25) is 0 Å². The van der Waals surface area contributed by atoms with Crippen LogP contribution in [0.15, 0.2) is 58.4 Å². The van der Waals surface area contributed by atoms with Crippen LogP contribution in [0.5, 0.6) is 5.75 Å². The van der Waals surface area contributed by atoms with Gasteiger partial charge in [-0.25, -0.2) is 0 Å². The zero-order valence-corrected chi connectivity index (χ0v) is 18.6. The van der Waals surface area contributed by atoms with E-state index in [1.807, 2.05) is 30.3 Å². The van der Waals surface area contributed by atoms with Crippen molar-refractivity contribution in [3.63, 3.8) is 0 Å². The van der Waals surface area contributed by atoms with Crippen LogP contribution in [0, 0.1) is 11.8 Å². The predicted molar refractivity (Wildman–Crippen MR) is 118 cm³/mol. The smallest absolute Gasteiger partial charge is 0.290 e. The highest BCUT2D eigenvalue weighted by atomic mass is 16.5. The van der Waals surface area contributed by atoms with Gasteiger partial charge in [0.1, 0.15) is 17.6 Å². The van der Waals surface area contributed by atoms with Crippen LogP contribution in [0.1, 0.15) is 56.9 Å². The lowest BCUT2D eigenvalue weighted by Crippen LogP contribution is -2.41. The van der Waals surface area contributed by atoms with E-state index in [-0.39, 0.29) is 36.0 Å². The van der Waals surface area contributed by atoms with Crippen LogP contribution in [-0.2, 0) is 20.9 Å². The summed E-state index contributed by atoms with van der Waals surface area (Å²) in [5.74, 6) is 1.73. The van der Waals surface area contributed by atoms with Gasteiger partial charge < -0.3 is 18.8 Å². The maximum atomic E-state index is 13.7. The number of nitrogens with zero attached hydrogens (tertiary/aromatic N) is 1. The van der Waals surface area contributed by atoms with Gasteiger partial charge in [-0.15, -0.1) is 0 Å². The van der Waals surface area contributed by atoms with E-state index in [1.165, 1.54) is 0 Å². The second-order valence-electron chi connectivity index (χ2n) is 9.12. The molecule has 0 N–H and O–H groups in total. The van der Waals surface area contributed by atoms with Crippen molar-refractivity contribution in [3.05, 3.63) is 65.3 Å². The lowest BCUT2D eigenvalue weighted by molar-refractivity contribution is -0.136. The molecule has 0 saturated heterocycles. The van der Waals surface area contributed by atoms with Gasteiger partial charge in [-0.05, 0) is 61.4 Å². The second-order valence-corrected chi connectivity index (χ2v) is 9.12. The summed E-state index contributed by atoms with van der Waals surface area (Å²) in [6.07, 6.45) is 4.92. The van der Waals surface area contributed by atoms with Crippen LogP contribution in [0.2, 0.25) is 0 Å². The van der Waals surface area contributed by atoms with Gasteiger partial charge in [-0.2, -0.15) is 0 Å². The Hall–Kier alpha value is -3.02. The Bertz CT molecular complexity index is 1040. The number of rotatable bonds is 6. The first-order chi connectivity index (χ1) is 15.6. The molecule has 32 heavy (non-hydrogen) atoms. The number of ketones is 1. The zero-order chi connectivity index (χ0) is 22.2. The van der Waals surface area contributed by atoms with Gasteiger partial charge in [0.15, 0.2) is 11.5 Å². The predicted octanol–water partition coefficient (Wildman–Crippen LogP) is 4.81. The van der Waals surface area contributed by atoms with Gasteiger partial charge >= 0.3 is 0 Å². The van der Waals surface area contributed by atoms with Crippen LogP contribution in [0.3, 0.4) is 0 Å². The average Bonchev–Trinajstić information content (AvgIpc) is 3.41. The van der Waals surface area contributed by atoms with E-state index < -0.39 is 6.04 Å². The van der Waals surface area contributed by atoms with Crippen molar-refractivity contribution in [2.24, 2.45) is 11.8 Å². The fourth-order valence-electron chi connectivity index (χ4n) is 5.20. The van der Waals surface area contributed by atoms with E-state index >= 15 is 0 Å². The summed E-state index contributed by atoms with van der Waals surface area (Å²) in [5.41, 5.74) is 1.34. The molecule has 1 fully saturated rings. The third-order valence-electron chi connectivity index (χ3n) is 6.76. The molecule has 6 nitrogen and oxygen atoms in total. The van der Waals surface area contributed by atoms with Gasteiger partial charge in [0, 0.05) is 0 Å². The maximum Gasteiger partial charge on any atom is 0.290 e. The second kappa shape index (κ2) is 8.49. The highest BCUT2D eigenvalue weighted by Gasteiger charge is 2.52. The first-order valence-corrected chi connectivity index (χ1v) is 11.6. The van der Waals surface area contributed by atoms with Crippen molar-refractivity contribution in [1.29, 1.82) is 0 Å². The Morgan fingerprint density at radius 3 is 2.81 bits per heavy atom. The number of furan rings is 1. The first-order valence-electron chi connectivity index (χ1n) is 11.6. The monoisotopic (exact) mass is 435 g/mol. The topological polar surface area (TPSA) is 69.0 Å². The first kappa shape index (κ1) is 20.9. The standard InChI is InChI=1S/C26H29NO5/c1-3-11-30-18-7-4-6-17(14-18)23-22-24(28)20-13-16(2)9-10-21(20)32-25(22)26(29)27(23)15-19-8-5-12-31-19/h4-8,12,14,16,20-21,23H,3,9-11,13,15H2,1-2H3. The highest BCUT2D eigenvalue weighted by Crippen LogP contribution is 2.48. The lowest BCUT2D eigenvalue weighted by atomic mass is 9.74. The molecule has 1 aliphatic carbocycles. The number of hydrogen-bond acceptors (Lipinski definition) is 5. The number of carbonyl (C=O) groups is 2. The van der Waals surface area contributed by atoms with Crippen molar-refractivity contribution < 1.29 is 23.5 Å². The molecule has 6 heteroatoms. The molecule has 4 atom stereocenters.